The second-order valence-corrected chi connectivity index (χ2v) is 2.71. The fourth-order valence-electron chi connectivity index (χ4n) is 0.549. The Morgan fingerprint density at radius 2 is 1.55 bits per heavy atom. The summed E-state index contributed by atoms with van der Waals surface area (Å²) >= 11 is 3.78. The van der Waals surface area contributed by atoms with Crippen LogP contribution in [0.3, 0.4) is 0 Å². The summed E-state index contributed by atoms with van der Waals surface area (Å²) in [5.74, 6) is 0.210. The van der Waals surface area contributed by atoms with E-state index in [9.17, 15) is 0 Å². The lowest BCUT2D eigenvalue weighted by molar-refractivity contribution is -0.0483. The molecule has 0 unspecified atom stereocenters. The topological polar surface area (TPSA) is 69.9 Å². The minimum absolute atomic E-state index is 0.111. The average molecular weight is 182 g/mol. The summed E-state index contributed by atoms with van der Waals surface area (Å²) in [5.41, 5.74) is -0.928. The molecule has 0 saturated carbocycles. The van der Waals surface area contributed by atoms with Gasteiger partial charge in [0, 0.05) is 0 Å². The van der Waals surface area contributed by atoms with Crippen LogP contribution in [-0.2, 0) is 4.74 Å². The number of aliphatic hydroxyl groups is 3. The molecule has 0 aromatic heterocycles. The van der Waals surface area contributed by atoms with E-state index in [1.54, 1.807) is 0 Å². The molecule has 0 fully saturated rings. The van der Waals surface area contributed by atoms with Crippen LogP contribution >= 0.6 is 12.6 Å². The zero-order valence-corrected chi connectivity index (χ0v) is 7.13. The van der Waals surface area contributed by atoms with Crippen LogP contribution in [0.5, 0.6) is 0 Å². The SMILES string of the molecule is OCC(CO)(CO)COCS. The molecule has 68 valence electrons. The lowest BCUT2D eigenvalue weighted by Crippen LogP contribution is -2.38. The van der Waals surface area contributed by atoms with Gasteiger partial charge in [-0.25, -0.2) is 0 Å². The molecule has 5 heteroatoms. The zero-order valence-electron chi connectivity index (χ0n) is 6.23. The van der Waals surface area contributed by atoms with E-state index < -0.39 is 5.41 Å². The molecule has 0 aromatic rings. The van der Waals surface area contributed by atoms with Gasteiger partial charge in [0.1, 0.15) is 0 Å². The molecule has 0 amide bonds. The van der Waals surface area contributed by atoms with Crippen molar-refractivity contribution in [2.75, 3.05) is 32.4 Å². The third kappa shape index (κ3) is 3.39. The Morgan fingerprint density at radius 3 is 1.82 bits per heavy atom. The Balaban J connectivity index is 3.84. The number of ether oxygens (including phenoxy) is 1. The van der Waals surface area contributed by atoms with Crippen LogP contribution in [0.2, 0.25) is 0 Å². The van der Waals surface area contributed by atoms with Crippen molar-refractivity contribution in [3.63, 3.8) is 0 Å². The minimum atomic E-state index is -0.928. The molecule has 11 heavy (non-hydrogen) atoms. The molecule has 3 N–H and O–H groups in total. The van der Waals surface area contributed by atoms with Crippen LogP contribution in [0, 0.1) is 5.41 Å². The first kappa shape index (κ1) is 11.2. The van der Waals surface area contributed by atoms with Gasteiger partial charge < -0.3 is 20.1 Å². The van der Waals surface area contributed by atoms with Gasteiger partial charge in [-0.1, -0.05) is 0 Å². The largest absolute Gasteiger partial charge is 0.396 e. The molecule has 0 saturated heterocycles. The molecule has 0 atom stereocenters. The lowest BCUT2D eigenvalue weighted by atomic mass is 9.93. The molecule has 0 spiro atoms. The summed E-state index contributed by atoms with van der Waals surface area (Å²) in [7, 11) is 0. The van der Waals surface area contributed by atoms with Gasteiger partial charge in [0.05, 0.1) is 37.8 Å². The van der Waals surface area contributed by atoms with Crippen LogP contribution in [0.15, 0.2) is 0 Å². The van der Waals surface area contributed by atoms with E-state index in [2.05, 4.69) is 12.6 Å². The number of rotatable bonds is 6. The van der Waals surface area contributed by atoms with Gasteiger partial charge in [-0.15, -0.1) is 0 Å². The van der Waals surface area contributed by atoms with Crippen LogP contribution in [0.4, 0.5) is 0 Å². The number of thiol groups is 1. The van der Waals surface area contributed by atoms with E-state index in [1.165, 1.54) is 0 Å². The first-order valence-corrected chi connectivity index (χ1v) is 3.89. The van der Waals surface area contributed by atoms with Gasteiger partial charge >= 0.3 is 0 Å². The molecule has 0 aromatic carbocycles. The smallest absolute Gasteiger partial charge is 0.0892 e. The maximum absolute atomic E-state index is 8.78. The van der Waals surface area contributed by atoms with Crippen molar-refractivity contribution in [1.29, 1.82) is 0 Å². The molecular weight excluding hydrogens is 168 g/mol. The summed E-state index contributed by atoms with van der Waals surface area (Å²) in [6, 6.07) is 0. The van der Waals surface area contributed by atoms with E-state index in [0.717, 1.165) is 0 Å². The van der Waals surface area contributed by atoms with Crippen molar-refractivity contribution in [2.24, 2.45) is 5.41 Å². The van der Waals surface area contributed by atoms with Crippen molar-refractivity contribution < 1.29 is 20.1 Å². The maximum Gasteiger partial charge on any atom is 0.0892 e. The van der Waals surface area contributed by atoms with Gasteiger partial charge in [0.2, 0.25) is 0 Å². The van der Waals surface area contributed by atoms with Crippen LogP contribution < -0.4 is 0 Å². The monoisotopic (exact) mass is 182 g/mol. The predicted molar refractivity (Wildman–Crippen MR) is 43.5 cm³/mol. The van der Waals surface area contributed by atoms with E-state index in [4.69, 9.17) is 20.1 Å². The van der Waals surface area contributed by atoms with Gasteiger partial charge in [-0.05, 0) is 0 Å². The average Bonchev–Trinajstić information content (AvgIpc) is 2.08. The molecule has 0 heterocycles. The standard InChI is InChI=1S/C6H14O4S/c7-1-6(2-8,3-9)4-10-5-11/h7-9,11H,1-5H2. The van der Waals surface area contributed by atoms with E-state index >= 15 is 0 Å². The highest BCUT2D eigenvalue weighted by atomic mass is 32.1. The van der Waals surface area contributed by atoms with E-state index in [-0.39, 0.29) is 32.4 Å². The molecule has 0 aliphatic carbocycles. The highest BCUT2D eigenvalue weighted by molar-refractivity contribution is 7.80. The van der Waals surface area contributed by atoms with E-state index in [1.807, 2.05) is 0 Å². The Kier molecular flexibility index (Phi) is 5.89. The molecular formula is C6H14O4S. The molecule has 0 bridgehead atoms. The quantitative estimate of drug-likeness (QED) is 0.309. The molecule has 0 radical (unpaired) electrons. The fourth-order valence-corrected chi connectivity index (χ4v) is 0.640. The minimum Gasteiger partial charge on any atom is -0.396 e. The van der Waals surface area contributed by atoms with Crippen molar-refractivity contribution in [3.8, 4) is 0 Å². The summed E-state index contributed by atoms with van der Waals surface area (Å²) in [6.07, 6.45) is 0. The normalized spacial score (nSPS) is 12.0. The van der Waals surface area contributed by atoms with Gasteiger partial charge in [0.15, 0.2) is 0 Å². The third-order valence-corrected chi connectivity index (χ3v) is 1.69. The molecule has 0 aliphatic heterocycles. The first-order valence-electron chi connectivity index (χ1n) is 3.26. The summed E-state index contributed by atoms with van der Waals surface area (Å²) in [4.78, 5) is 0. The third-order valence-electron chi connectivity index (χ3n) is 1.51. The van der Waals surface area contributed by atoms with Gasteiger partial charge in [-0.2, -0.15) is 12.6 Å². The Hall–Kier alpha value is 0.190. The second kappa shape index (κ2) is 5.79. The highest BCUT2D eigenvalue weighted by Crippen LogP contribution is 2.14. The fraction of sp³-hybridized carbons (Fsp3) is 1.00. The van der Waals surface area contributed by atoms with E-state index in [0.29, 0.717) is 0 Å². The summed E-state index contributed by atoms with van der Waals surface area (Å²) in [6.45, 7) is -0.782. The second-order valence-electron chi connectivity index (χ2n) is 2.45. The number of aliphatic hydroxyl groups excluding tert-OH is 3. The molecule has 4 nitrogen and oxygen atoms in total. The lowest BCUT2D eigenvalue weighted by Gasteiger charge is -2.26. The highest BCUT2D eigenvalue weighted by Gasteiger charge is 2.28. The van der Waals surface area contributed by atoms with Crippen molar-refractivity contribution in [1.82, 2.24) is 0 Å². The Labute approximate surface area is 71.2 Å². The van der Waals surface area contributed by atoms with Crippen LogP contribution in [-0.4, -0.2) is 47.7 Å². The van der Waals surface area contributed by atoms with Crippen LogP contribution in [0.25, 0.3) is 0 Å². The number of hydrogen-bond acceptors (Lipinski definition) is 5. The Morgan fingerprint density at radius 1 is 1.09 bits per heavy atom. The maximum atomic E-state index is 8.78. The first-order chi connectivity index (χ1) is 5.24. The Bertz CT molecular complexity index is 86.3. The molecule has 0 rings (SSSR count). The van der Waals surface area contributed by atoms with Crippen molar-refractivity contribution in [3.05, 3.63) is 0 Å². The predicted octanol–water partition coefficient (Wildman–Crippen LogP) is -1.15. The summed E-state index contributed by atoms with van der Waals surface area (Å²) < 4.78 is 4.86. The zero-order chi connectivity index (χ0) is 8.74. The van der Waals surface area contributed by atoms with Crippen molar-refractivity contribution in [2.45, 2.75) is 0 Å². The summed E-state index contributed by atoms with van der Waals surface area (Å²) in [5, 5.41) is 26.3. The molecule has 0 aliphatic rings. The van der Waals surface area contributed by atoms with Gasteiger partial charge in [-0.3, -0.25) is 0 Å². The van der Waals surface area contributed by atoms with Crippen LogP contribution in [0.1, 0.15) is 0 Å². The van der Waals surface area contributed by atoms with Crippen molar-refractivity contribution >= 4 is 12.6 Å². The number of hydrogen-bond donors (Lipinski definition) is 4. The van der Waals surface area contributed by atoms with Gasteiger partial charge in [0.25, 0.3) is 0 Å².